The molecule has 0 aliphatic rings. The zero-order valence-electron chi connectivity index (χ0n) is 12.5. The van der Waals surface area contributed by atoms with E-state index in [1.807, 2.05) is 36.4 Å². The SMILES string of the molecule is CCOC(=O)c1ccc([C@H](C)Nc2cccc(Br)c2)cc1.Cl. The van der Waals surface area contributed by atoms with Crippen LogP contribution >= 0.6 is 28.3 Å². The van der Waals surface area contributed by atoms with Crippen molar-refractivity contribution in [2.75, 3.05) is 11.9 Å². The summed E-state index contributed by atoms with van der Waals surface area (Å²) in [7, 11) is 0. The van der Waals surface area contributed by atoms with Gasteiger partial charge in [0, 0.05) is 16.2 Å². The van der Waals surface area contributed by atoms with Crippen LogP contribution in [0.3, 0.4) is 0 Å². The second-order valence-corrected chi connectivity index (χ2v) is 5.63. The first kappa shape index (κ1) is 18.5. The molecule has 0 aromatic heterocycles. The minimum atomic E-state index is -0.281. The van der Waals surface area contributed by atoms with Crippen LogP contribution in [0.5, 0.6) is 0 Å². The smallest absolute Gasteiger partial charge is 0.338 e. The molecule has 22 heavy (non-hydrogen) atoms. The van der Waals surface area contributed by atoms with Crippen LogP contribution in [-0.4, -0.2) is 12.6 Å². The zero-order valence-corrected chi connectivity index (χ0v) is 14.9. The van der Waals surface area contributed by atoms with Gasteiger partial charge in [0.05, 0.1) is 12.2 Å². The molecule has 0 fully saturated rings. The number of esters is 1. The molecule has 2 rings (SSSR count). The van der Waals surface area contributed by atoms with Gasteiger partial charge in [-0.1, -0.05) is 34.1 Å². The van der Waals surface area contributed by atoms with Crippen LogP contribution in [0.4, 0.5) is 5.69 Å². The average molecular weight is 385 g/mol. The first-order valence-electron chi connectivity index (χ1n) is 6.89. The largest absolute Gasteiger partial charge is 0.462 e. The fourth-order valence-corrected chi connectivity index (χ4v) is 2.43. The highest BCUT2D eigenvalue weighted by Crippen LogP contribution is 2.22. The van der Waals surface area contributed by atoms with Gasteiger partial charge in [-0.25, -0.2) is 4.79 Å². The lowest BCUT2D eigenvalue weighted by Gasteiger charge is -2.16. The highest BCUT2D eigenvalue weighted by Gasteiger charge is 2.09. The average Bonchev–Trinajstić information content (AvgIpc) is 2.47. The third kappa shape index (κ3) is 5.04. The summed E-state index contributed by atoms with van der Waals surface area (Å²) >= 11 is 3.46. The number of hydrogen-bond donors (Lipinski definition) is 1. The molecule has 1 atom stereocenters. The number of carbonyl (C=O) groups excluding carboxylic acids is 1. The Morgan fingerprint density at radius 2 is 1.91 bits per heavy atom. The summed E-state index contributed by atoms with van der Waals surface area (Å²) in [5, 5.41) is 3.43. The third-order valence-corrected chi connectivity index (χ3v) is 3.62. The van der Waals surface area contributed by atoms with Crippen molar-refractivity contribution in [2.24, 2.45) is 0 Å². The van der Waals surface area contributed by atoms with Gasteiger partial charge >= 0.3 is 5.97 Å². The van der Waals surface area contributed by atoms with E-state index in [1.54, 1.807) is 19.1 Å². The Labute approximate surface area is 145 Å². The second kappa shape index (κ2) is 8.81. The molecule has 0 spiro atoms. The number of ether oxygens (including phenoxy) is 1. The number of rotatable bonds is 5. The van der Waals surface area contributed by atoms with Crippen LogP contribution in [0.25, 0.3) is 0 Å². The van der Waals surface area contributed by atoms with E-state index in [0.717, 1.165) is 15.7 Å². The molecule has 118 valence electrons. The maximum absolute atomic E-state index is 11.6. The molecule has 2 aromatic rings. The van der Waals surface area contributed by atoms with Gasteiger partial charge in [0.2, 0.25) is 0 Å². The van der Waals surface area contributed by atoms with Gasteiger partial charge in [-0.3, -0.25) is 0 Å². The molecular weight excluding hydrogens is 366 g/mol. The van der Waals surface area contributed by atoms with Crippen molar-refractivity contribution < 1.29 is 9.53 Å². The Kier molecular flexibility index (Phi) is 7.42. The van der Waals surface area contributed by atoms with E-state index in [9.17, 15) is 4.79 Å². The van der Waals surface area contributed by atoms with E-state index >= 15 is 0 Å². The van der Waals surface area contributed by atoms with Crippen LogP contribution in [-0.2, 0) is 4.74 Å². The van der Waals surface area contributed by atoms with Gasteiger partial charge in [-0.05, 0) is 49.7 Å². The van der Waals surface area contributed by atoms with E-state index in [-0.39, 0.29) is 24.4 Å². The van der Waals surface area contributed by atoms with Crippen molar-refractivity contribution in [3.63, 3.8) is 0 Å². The first-order chi connectivity index (χ1) is 10.1. The number of benzene rings is 2. The molecule has 5 heteroatoms. The predicted molar refractivity (Wildman–Crippen MR) is 95.8 cm³/mol. The van der Waals surface area contributed by atoms with Crippen LogP contribution in [0, 0.1) is 0 Å². The summed E-state index contributed by atoms with van der Waals surface area (Å²) in [5.41, 5.74) is 2.74. The molecule has 0 unspecified atom stereocenters. The Morgan fingerprint density at radius 1 is 1.23 bits per heavy atom. The maximum Gasteiger partial charge on any atom is 0.338 e. The summed E-state index contributed by atoms with van der Waals surface area (Å²) in [4.78, 5) is 11.6. The molecule has 0 radical (unpaired) electrons. The fraction of sp³-hybridized carbons (Fsp3) is 0.235. The monoisotopic (exact) mass is 383 g/mol. The Bertz CT molecular complexity index is 616. The van der Waals surface area contributed by atoms with Crippen molar-refractivity contribution in [2.45, 2.75) is 19.9 Å². The van der Waals surface area contributed by atoms with Gasteiger partial charge in [-0.15, -0.1) is 12.4 Å². The molecule has 0 bridgehead atoms. The van der Waals surface area contributed by atoms with Crippen LogP contribution in [0.1, 0.15) is 35.8 Å². The highest BCUT2D eigenvalue weighted by atomic mass is 79.9. The fourth-order valence-electron chi connectivity index (χ4n) is 2.03. The minimum Gasteiger partial charge on any atom is -0.462 e. The molecule has 0 saturated carbocycles. The number of halogens is 2. The highest BCUT2D eigenvalue weighted by molar-refractivity contribution is 9.10. The molecule has 0 saturated heterocycles. The Morgan fingerprint density at radius 3 is 2.50 bits per heavy atom. The van der Waals surface area contributed by atoms with Gasteiger partial charge in [0.1, 0.15) is 0 Å². The molecule has 1 N–H and O–H groups in total. The quantitative estimate of drug-likeness (QED) is 0.718. The van der Waals surface area contributed by atoms with E-state index in [2.05, 4.69) is 28.2 Å². The number of hydrogen-bond acceptors (Lipinski definition) is 3. The predicted octanol–water partition coefficient (Wildman–Crippen LogP) is 5.22. The van der Waals surface area contributed by atoms with E-state index in [4.69, 9.17) is 4.74 Å². The first-order valence-corrected chi connectivity index (χ1v) is 7.68. The number of nitrogens with one attached hydrogen (secondary N) is 1. The lowest BCUT2D eigenvalue weighted by molar-refractivity contribution is 0.0526. The van der Waals surface area contributed by atoms with E-state index < -0.39 is 0 Å². The van der Waals surface area contributed by atoms with Crippen LogP contribution in [0.15, 0.2) is 53.0 Å². The van der Waals surface area contributed by atoms with Gasteiger partial charge in [0.25, 0.3) is 0 Å². The summed E-state index contributed by atoms with van der Waals surface area (Å²) in [6, 6.07) is 15.7. The standard InChI is InChI=1S/C17H18BrNO2.ClH/c1-3-21-17(20)14-9-7-13(8-10-14)12(2)19-16-6-4-5-15(18)11-16;/h4-12,19H,3H2,1-2H3;1H/t12-;/m0./s1. The summed E-state index contributed by atoms with van der Waals surface area (Å²) in [6.45, 7) is 4.28. The second-order valence-electron chi connectivity index (χ2n) is 4.72. The topological polar surface area (TPSA) is 38.3 Å². The van der Waals surface area contributed by atoms with Gasteiger partial charge in [0.15, 0.2) is 0 Å². The Hall–Kier alpha value is -1.52. The molecule has 0 aliphatic carbocycles. The number of carbonyl (C=O) groups is 1. The summed E-state index contributed by atoms with van der Waals surface area (Å²) in [5.74, 6) is -0.281. The van der Waals surface area contributed by atoms with Crippen molar-refractivity contribution in [3.8, 4) is 0 Å². The summed E-state index contributed by atoms with van der Waals surface area (Å²) < 4.78 is 6.02. The third-order valence-electron chi connectivity index (χ3n) is 3.13. The molecule has 2 aromatic carbocycles. The van der Waals surface area contributed by atoms with Crippen molar-refractivity contribution in [1.82, 2.24) is 0 Å². The Balaban J connectivity index is 0.00000242. The normalized spacial score (nSPS) is 11.2. The summed E-state index contributed by atoms with van der Waals surface area (Å²) in [6.07, 6.45) is 0. The minimum absolute atomic E-state index is 0. The van der Waals surface area contributed by atoms with E-state index in [1.165, 1.54) is 0 Å². The number of anilines is 1. The van der Waals surface area contributed by atoms with Gasteiger partial charge < -0.3 is 10.1 Å². The zero-order chi connectivity index (χ0) is 15.2. The van der Waals surface area contributed by atoms with Crippen molar-refractivity contribution >= 4 is 40.0 Å². The van der Waals surface area contributed by atoms with Crippen LogP contribution < -0.4 is 5.32 Å². The van der Waals surface area contributed by atoms with E-state index in [0.29, 0.717) is 12.2 Å². The molecular formula is C17H19BrClNO2. The van der Waals surface area contributed by atoms with Crippen molar-refractivity contribution in [3.05, 3.63) is 64.1 Å². The van der Waals surface area contributed by atoms with Crippen molar-refractivity contribution in [1.29, 1.82) is 0 Å². The van der Waals surface area contributed by atoms with Gasteiger partial charge in [-0.2, -0.15) is 0 Å². The molecule has 0 amide bonds. The van der Waals surface area contributed by atoms with Crippen LogP contribution in [0.2, 0.25) is 0 Å². The molecule has 3 nitrogen and oxygen atoms in total. The lowest BCUT2D eigenvalue weighted by atomic mass is 10.1. The lowest BCUT2D eigenvalue weighted by Crippen LogP contribution is -2.08. The maximum atomic E-state index is 11.6. The molecule has 0 aliphatic heterocycles. The molecule has 0 heterocycles.